The molecule has 0 bridgehead atoms. The maximum atomic E-state index is 12.2. The molecular weight excluding hydrogens is 278 g/mol. The highest BCUT2D eigenvalue weighted by Gasteiger charge is 2.08. The Morgan fingerprint density at radius 1 is 1.14 bits per heavy atom. The third-order valence-corrected chi connectivity index (χ3v) is 3.53. The van der Waals surface area contributed by atoms with Crippen LogP contribution in [0.15, 0.2) is 52.9 Å². The Morgan fingerprint density at radius 2 is 1.95 bits per heavy atom. The van der Waals surface area contributed by atoms with Gasteiger partial charge in [0.05, 0.1) is 6.61 Å². The number of carbonyl (C=O) groups is 1. The van der Waals surface area contributed by atoms with Gasteiger partial charge in [0.25, 0.3) is 5.91 Å². The van der Waals surface area contributed by atoms with E-state index in [1.165, 1.54) is 0 Å². The molecule has 1 amide bonds. The molecule has 22 heavy (non-hydrogen) atoms. The minimum absolute atomic E-state index is 0.00169. The molecule has 4 heteroatoms. The van der Waals surface area contributed by atoms with Gasteiger partial charge >= 0.3 is 0 Å². The lowest BCUT2D eigenvalue weighted by Gasteiger charge is -2.06. The Labute approximate surface area is 128 Å². The minimum Gasteiger partial charge on any atom is -0.461 e. The molecule has 4 nitrogen and oxygen atoms in total. The van der Waals surface area contributed by atoms with Gasteiger partial charge in [-0.25, -0.2) is 0 Å². The monoisotopic (exact) mass is 295 g/mol. The van der Waals surface area contributed by atoms with Crippen LogP contribution in [0.5, 0.6) is 0 Å². The van der Waals surface area contributed by atoms with E-state index in [9.17, 15) is 4.79 Å². The third kappa shape index (κ3) is 3.02. The molecule has 1 heterocycles. The van der Waals surface area contributed by atoms with Crippen LogP contribution in [0.3, 0.4) is 0 Å². The number of aliphatic hydroxyl groups excluding tert-OH is 1. The smallest absolute Gasteiger partial charge is 0.251 e. The number of aryl methyl sites for hydroxylation is 1. The van der Waals surface area contributed by atoms with E-state index < -0.39 is 0 Å². The summed E-state index contributed by atoms with van der Waals surface area (Å²) < 4.78 is 5.50. The number of furan rings is 1. The van der Waals surface area contributed by atoms with Crippen LogP contribution in [0.25, 0.3) is 11.0 Å². The molecule has 0 spiro atoms. The van der Waals surface area contributed by atoms with Gasteiger partial charge in [-0.15, -0.1) is 0 Å². The van der Waals surface area contributed by atoms with Crippen molar-refractivity contribution in [1.82, 2.24) is 5.32 Å². The number of carbonyl (C=O) groups excluding carboxylic acids is 1. The summed E-state index contributed by atoms with van der Waals surface area (Å²) in [5, 5.41) is 12.9. The van der Waals surface area contributed by atoms with Gasteiger partial charge in [-0.05, 0) is 42.3 Å². The van der Waals surface area contributed by atoms with E-state index in [1.807, 2.05) is 49.4 Å². The second kappa shape index (κ2) is 6.03. The van der Waals surface area contributed by atoms with Gasteiger partial charge in [0.1, 0.15) is 11.3 Å². The molecule has 1 aromatic heterocycles. The second-order valence-electron chi connectivity index (χ2n) is 5.27. The Hall–Kier alpha value is -2.59. The van der Waals surface area contributed by atoms with Crippen LogP contribution >= 0.6 is 0 Å². The lowest BCUT2D eigenvalue weighted by molar-refractivity contribution is 0.0951. The van der Waals surface area contributed by atoms with Crippen LogP contribution in [0, 0.1) is 6.92 Å². The molecule has 0 aliphatic rings. The first-order chi connectivity index (χ1) is 10.7. The first-order valence-electron chi connectivity index (χ1n) is 7.13. The normalized spacial score (nSPS) is 10.8. The van der Waals surface area contributed by atoms with Crippen LogP contribution in [0.4, 0.5) is 0 Å². The molecule has 0 radical (unpaired) electrons. The largest absolute Gasteiger partial charge is 0.461 e. The predicted molar refractivity (Wildman–Crippen MR) is 84.5 cm³/mol. The molecule has 0 saturated carbocycles. The number of nitrogens with one attached hydrogen (secondary N) is 1. The van der Waals surface area contributed by atoms with Gasteiger partial charge < -0.3 is 14.8 Å². The summed E-state index contributed by atoms with van der Waals surface area (Å²) in [4.78, 5) is 12.2. The Balaban J connectivity index is 1.72. The molecule has 0 aliphatic heterocycles. The average molecular weight is 295 g/mol. The van der Waals surface area contributed by atoms with Crippen molar-refractivity contribution in [2.24, 2.45) is 0 Å². The number of hydrogen-bond donors (Lipinski definition) is 2. The fourth-order valence-corrected chi connectivity index (χ4v) is 2.44. The Morgan fingerprint density at radius 3 is 2.77 bits per heavy atom. The third-order valence-electron chi connectivity index (χ3n) is 3.53. The SMILES string of the molecule is Cc1cc2cc(C(=O)NCc3cccc(CO)c3)ccc2o1. The zero-order chi connectivity index (χ0) is 15.5. The first kappa shape index (κ1) is 14.4. The molecule has 3 aromatic rings. The minimum atomic E-state index is -0.129. The van der Waals surface area contributed by atoms with Crippen LogP contribution in [0.1, 0.15) is 27.2 Å². The Bertz CT molecular complexity index is 820. The number of hydrogen-bond acceptors (Lipinski definition) is 3. The maximum Gasteiger partial charge on any atom is 0.251 e. The molecule has 2 aromatic carbocycles. The molecule has 0 saturated heterocycles. The fraction of sp³-hybridized carbons (Fsp3) is 0.167. The summed E-state index contributed by atoms with van der Waals surface area (Å²) in [7, 11) is 0. The average Bonchev–Trinajstić information content (AvgIpc) is 2.91. The number of fused-ring (bicyclic) bond motifs is 1. The molecule has 0 aliphatic carbocycles. The van der Waals surface area contributed by atoms with Crippen molar-refractivity contribution in [2.45, 2.75) is 20.1 Å². The number of aliphatic hydroxyl groups is 1. The van der Waals surface area contributed by atoms with Crippen LogP contribution < -0.4 is 5.32 Å². The lowest BCUT2D eigenvalue weighted by atomic mass is 10.1. The molecule has 0 unspecified atom stereocenters. The summed E-state index contributed by atoms with van der Waals surface area (Å²) in [5.41, 5.74) is 3.18. The standard InChI is InChI=1S/C18H17NO3/c1-12-7-16-9-15(5-6-17(16)22-12)18(21)19-10-13-3-2-4-14(8-13)11-20/h2-9,20H,10-11H2,1H3,(H,19,21). The van der Waals surface area contributed by atoms with Gasteiger partial charge in [-0.1, -0.05) is 24.3 Å². The van der Waals surface area contributed by atoms with Crippen molar-refractivity contribution >= 4 is 16.9 Å². The molecule has 0 fully saturated rings. The van der Waals surface area contributed by atoms with E-state index in [0.717, 1.165) is 27.9 Å². The molecule has 2 N–H and O–H groups in total. The van der Waals surface area contributed by atoms with E-state index in [0.29, 0.717) is 12.1 Å². The van der Waals surface area contributed by atoms with Gasteiger partial charge in [-0.3, -0.25) is 4.79 Å². The molecule has 0 atom stereocenters. The van der Waals surface area contributed by atoms with Gasteiger partial charge in [0.2, 0.25) is 0 Å². The van der Waals surface area contributed by atoms with Crippen molar-refractivity contribution < 1.29 is 14.3 Å². The number of benzene rings is 2. The highest BCUT2D eigenvalue weighted by atomic mass is 16.3. The zero-order valence-corrected chi connectivity index (χ0v) is 12.3. The summed E-state index contributed by atoms with van der Waals surface area (Å²) in [6, 6.07) is 14.8. The topological polar surface area (TPSA) is 62.5 Å². The van der Waals surface area contributed by atoms with Crippen LogP contribution in [0.2, 0.25) is 0 Å². The summed E-state index contributed by atoms with van der Waals surface area (Å²) >= 11 is 0. The predicted octanol–water partition coefficient (Wildman–Crippen LogP) is 3.16. The van der Waals surface area contributed by atoms with Gasteiger partial charge in [-0.2, -0.15) is 0 Å². The molecule has 112 valence electrons. The molecule has 3 rings (SSSR count). The quantitative estimate of drug-likeness (QED) is 0.777. The van der Waals surface area contributed by atoms with Gasteiger partial charge in [0, 0.05) is 17.5 Å². The maximum absolute atomic E-state index is 12.2. The highest BCUT2D eigenvalue weighted by molar-refractivity contribution is 5.97. The van der Waals surface area contributed by atoms with E-state index in [1.54, 1.807) is 6.07 Å². The highest BCUT2D eigenvalue weighted by Crippen LogP contribution is 2.20. The number of rotatable bonds is 4. The lowest BCUT2D eigenvalue weighted by Crippen LogP contribution is -2.22. The van der Waals surface area contributed by atoms with E-state index in [2.05, 4.69) is 5.32 Å². The van der Waals surface area contributed by atoms with Crippen LogP contribution in [-0.4, -0.2) is 11.0 Å². The van der Waals surface area contributed by atoms with Crippen molar-refractivity contribution in [1.29, 1.82) is 0 Å². The summed E-state index contributed by atoms with van der Waals surface area (Å²) in [5.74, 6) is 0.698. The van der Waals surface area contributed by atoms with E-state index in [-0.39, 0.29) is 12.5 Å². The summed E-state index contributed by atoms with van der Waals surface area (Å²) in [6.45, 7) is 2.31. The summed E-state index contributed by atoms with van der Waals surface area (Å²) in [6.07, 6.45) is 0. The van der Waals surface area contributed by atoms with Crippen molar-refractivity contribution in [2.75, 3.05) is 0 Å². The van der Waals surface area contributed by atoms with Crippen molar-refractivity contribution in [3.05, 3.63) is 71.0 Å². The molecular formula is C18H17NO3. The zero-order valence-electron chi connectivity index (χ0n) is 12.3. The Kier molecular flexibility index (Phi) is 3.94. The number of amides is 1. The van der Waals surface area contributed by atoms with Crippen molar-refractivity contribution in [3.63, 3.8) is 0 Å². The van der Waals surface area contributed by atoms with E-state index in [4.69, 9.17) is 9.52 Å². The second-order valence-corrected chi connectivity index (χ2v) is 5.27. The fourth-order valence-electron chi connectivity index (χ4n) is 2.44. The van der Waals surface area contributed by atoms with Crippen LogP contribution in [-0.2, 0) is 13.2 Å². The van der Waals surface area contributed by atoms with Gasteiger partial charge in [0.15, 0.2) is 0 Å². The first-order valence-corrected chi connectivity index (χ1v) is 7.13. The van der Waals surface area contributed by atoms with E-state index >= 15 is 0 Å². The van der Waals surface area contributed by atoms with Crippen molar-refractivity contribution in [3.8, 4) is 0 Å².